The van der Waals surface area contributed by atoms with Crippen molar-refractivity contribution in [1.82, 2.24) is 4.98 Å². The van der Waals surface area contributed by atoms with Crippen molar-refractivity contribution in [3.05, 3.63) is 10.6 Å². The van der Waals surface area contributed by atoms with E-state index in [9.17, 15) is 9.90 Å². The van der Waals surface area contributed by atoms with Crippen LogP contribution in [0, 0.1) is 6.92 Å². The van der Waals surface area contributed by atoms with Crippen LogP contribution in [0.2, 0.25) is 0 Å². The Hall–Kier alpha value is -0.630. The number of rotatable bonds is 6. The van der Waals surface area contributed by atoms with Gasteiger partial charge in [0, 0.05) is 0 Å². The summed E-state index contributed by atoms with van der Waals surface area (Å²) in [7, 11) is 0. The summed E-state index contributed by atoms with van der Waals surface area (Å²) in [6, 6.07) is 0. The van der Waals surface area contributed by atoms with Crippen molar-refractivity contribution in [3.63, 3.8) is 0 Å². The summed E-state index contributed by atoms with van der Waals surface area (Å²) in [6.07, 6.45) is -0.951. The maximum absolute atomic E-state index is 11.8. The molecule has 0 saturated heterocycles. The second kappa shape index (κ2) is 7.29. The molecule has 5 nitrogen and oxygen atoms in total. The number of hydrogen-bond acceptors (Lipinski definition) is 7. The number of esters is 1. The lowest BCUT2D eigenvalue weighted by molar-refractivity contribution is -0.177. The zero-order valence-corrected chi connectivity index (χ0v) is 15.9. The van der Waals surface area contributed by atoms with Gasteiger partial charge in [-0.15, -0.1) is 11.3 Å². The molecule has 0 spiro atoms. The Morgan fingerprint density at radius 1 is 1.36 bits per heavy atom. The molecule has 0 aromatic carbocycles. The minimum absolute atomic E-state index is 0.336. The maximum atomic E-state index is 11.8. The Morgan fingerprint density at radius 2 is 1.95 bits per heavy atom. The molecule has 0 saturated carbocycles. The molecule has 0 amide bonds. The summed E-state index contributed by atoms with van der Waals surface area (Å²) in [5, 5.41) is 10.3. The van der Waals surface area contributed by atoms with Crippen LogP contribution in [0.15, 0.2) is 4.34 Å². The van der Waals surface area contributed by atoms with Crippen LogP contribution in [0.1, 0.15) is 56.9 Å². The van der Waals surface area contributed by atoms with Gasteiger partial charge in [0.25, 0.3) is 0 Å². The lowest BCUT2D eigenvalue weighted by atomic mass is 10.1. The van der Waals surface area contributed by atoms with Crippen molar-refractivity contribution >= 4 is 29.1 Å². The maximum Gasteiger partial charge on any atom is 0.350 e. The summed E-state index contributed by atoms with van der Waals surface area (Å²) >= 11 is 2.67. The Kier molecular flexibility index (Phi) is 6.44. The Morgan fingerprint density at radius 3 is 2.45 bits per heavy atom. The van der Waals surface area contributed by atoms with Gasteiger partial charge in [-0.1, -0.05) is 11.8 Å². The SMILES string of the molecule is CCOC(=O)c1sc(SC(C)(C)C(O)OC(C)(C)C)nc1C. The number of aromatic nitrogens is 1. The molecule has 1 N–H and O–H groups in total. The van der Waals surface area contributed by atoms with E-state index in [1.165, 1.54) is 23.1 Å². The van der Waals surface area contributed by atoms with Crippen LogP contribution in [-0.2, 0) is 9.47 Å². The molecule has 126 valence electrons. The number of carbonyl (C=O) groups is 1. The van der Waals surface area contributed by atoms with Crippen molar-refractivity contribution in [2.45, 2.75) is 69.4 Å². The van der Waals surface area contributed by atoms with E-state index < -0.39 is 16.6 Å². The first-order valence-electron chi connectivity index (χ1n) is 7.15. The Balaban J connectivity index is 2.85. The van der Waals surface area contributed by atoms with Gasteiger partial charge in [-0.25, -0.2) is 9.78 Å². The van der Waals surface area contributed by atoms with Gasteiger partial charge < -0.3 is 14.6 Å². The third kappa shape index (κ3) is 5.53. The van der Waals surface area contributed by atoms with E-state index in [0.717, 1.165) is 0 Å². The summed E-state index contributed by atoms with van der Waals surface area (Å²) in [5.41, 5.74) is 0.208. The lowest BCUT2D eigenvalue weighted by Crippen LogP contribution is -2.40. The first-order valence-corrected chi connectivity index (χ1v) is 8.79. The summed E-state index contributed by atoms with van der Waals surface area (Å²) in [4.78, 5) is 16.7. The van der Waals surface area contributed by atoms with Crippen LogP contribution < -0.4 is 0 Å². The van der Waals surface area contributed by atoms with E-state index in [2.05, 4.69) is 4.98 Å². The number of ether oxygens (including phenoxy) is 2. The fourth-order valence-electron chi connectivity index (χ4n) is 1.55. The summed E-state index contributed by atoms with van der Waals surface area (Å²) in [6.45, 7) is 13.3. The molecule has 1 atom stereocenters. The molecule has 1 heterocycles. The number of carbonyl (C=O) groups excluding carboxylic acids is 1. The first kappa shape index (κ1) is 19.4. The largest absolute Gasteiger partial charge is 0.462 e. The molecule has 1 unspecified atom stereocenters. The first-order chi connectivity index (χ1) is 9.96. The van der Waals surface area contributed by atoms with Crippen LogP contribution >= 0.6 is 23.1 Å². The van der Waals surface area contributed by atoms with Crippen LogP contribution in [0.5, 0.6) is 0 Å². The molecule has 0 aliphatic heterocycles. The van der Waals surface area contributed by atoms with Crippen LogP contribution in [-0.4, -0.2) is 39.3 Å². The minimum Gasteiger partial charge on any atom is -0.462 e. The predicted octanol–water partition coefficient (Wildman–Crippen LogP) is 3.63. The highest BCUT2D eigenvalue weighted by Gasteiger charge is 2.34. The zero-order valence-electron chi connectivity index (χ0n) is 14.2. The van der Waals surface area contributed by atoms with Gasteiger partial charge >= 0.3 is 5.97 Å². The fraction of sp³-hybridized carbons (Fsp3) is 0.733. The van der Waals surface area contributed by atoms with Crippen molar-refractivity contribution in [3.8, 4) is 0 Å². The summed E-state index contributed by atoms with van der Waals surface area (Å²) in [5.74, 6) is -0.353. The number of thiazole rings is 1. The molecule has 0 aliphatic rings. The van der Waals surface area contributed by atoms with E-state index in [1.807, 2.05) is 34.6 Å². The molecular formula is C15H25NO4S2. The lowest BCUT2D eigenvalue weighted by Gasteiger charge is -2.33. The summed E-state index contributed by atoms with van der Waals surface area (Å²) < 4.78 is 10.7. The van der Waals surface area contributed by atoms with E-state index in [1.54, 1.807) is 13.8 Å². The van der Waals surface area contributed by atoms with Crippen LogP contribution in [0.3, 0.4) is 0 Å². The average Bonchev–Trinajstić information content (AvgIpc) is 2.67. The van der Waals surface area contributed by atoms with E-state index >= 15 is 0 Å². The molecule has 22 heavy (non-hydrogen) atoms. The van der Waals surface area contributed by atoms with Crippen molar-refractivity contribution in [1.29, 1.82) is 0 Å². The Bertz CT molecular complexity index is 520. The fourth-order valence-corrected chi connectivity index (χ4v) is 4.09. The second-order valence-electron chi connectivity index (χ2n) is 6.40. The zero-order chi connectivity index (χ0) is 17.1. The average molecular weight is 348 g/mol. The number of thioether (sulfide) groups is 1. The molecule has 1 rings (SSSR count). The minimum atomic E-state index is -0.951. The molecule has 1 aromatic rings. The Labute approximate surface area is 140 Å². The molecule has 0 bridgehead atoms. The third-order valence-electron chi connectivity index (χ3n) is 2.65. The van der Waals surface area contributed by atoms with Crippen molar-refractivity contribution in [2.75, 3.05) is 6.61 Å². The molecule has 0 radical (unpaired) electrons. The molecule has 7 heteroatoms. The van der Waals surface area contributed by atoms with Gasteiger partial charge in [0.15, 0.2) is 10.6 Å². The number of aliphatic hydroxyl groups excluding tert-OH is 1. The number of nitrogens with zero attached hydrogens (tertiary/aromatic N) is 1. The van der Waals surface area contributed by atoms with E-state index in [0.29, 0.717) is 21.5 Å². The smallest absolute Gasteiger partial charge is 0.350 e. The van der Waals surface area contributed by atoms with Crippen LogP contribution in [0.25, 0.3) is 0 Å². The third-order valence-corrected chi connectivity index (χ3v) is 5.07. The number of hydrogen-bond donors (Lipinski definition) is 1. The van der Waals surface area contributed by atoms with Gasteiger partial charge in [0.2, 0.25) is 0 Å². The number of aliphatic hydroxyl groups is 1. The van der Waals surface area contributed by atoms with Crippen LogP contribution in [0.4, 0.5) is 0 Å². The quantitative estimate of drug-likeness (QED) is 0.481. The van der Waals surface area contributed by atoms with Gasteiger partial charge in [-0.05, 0) is 48.5 Å². The molecule has 0 aliphatic carbocycles. The number of aryl methyl sites for hydroxylation is 1. The van der Waals surface area contributed by atoms with Gasteiger partial charge in [0.1, 0.15) is 4.88 Å². The van der Waals surface area contributed by atoms with Gasteiger partial charge in [-0.2, -0.15) is 0 Å². The van der Waals surface area contributed by atoms with Crippen molar-refractivity contribution in [2.24, 2.45) is 0 Å². The van der Waals surface area contributed by atoms with E-state index in [4.69, 9.17) is 9.47 Å². The normalized spacial score (nSPS) is 14.0. The highest BCUT2D eigenvalue weighted by Crippen LogP contribution is 2.39. The molecule has 1 aromatic heterocycles. The predicted molar refractivity (Wildman–Crippen MR) is 89.6 cm³/mol. The van der Waals surface area contributed by atoms with Crippen molar-refractivity contribution < 1.29 is 19.4 Å². The molecule has 0 fully saturated rings. The topological polar surface area (TPSA) is 68.7 Å². The monoisotopic (exact) mass is 347 g/mol. The highest BCUT2D eigenvalue weighted by atomic mass is 32.2. The standard InChI is InChI=1S/C15H25NO4S2/c1-8-19-11(17)10-9(2)16-13(21-10)22-15(6,7)12(18)20-14(3,4)5/h12,18H,8H2,1-7H3. The van der Waals surface area contributed by atoms with E-state index in [-0.39, 0.29) is 5.97 Å². The molecular weight excluding hydrogens is 322 g/mol. The van der Waals surface area contributed by atoms with Gasteiger partial charge in [0.05, 0.1) is 22.6 Å². The second-order valence-corrected chi connectivity index (χ2v) is 9.30. The van der Waals surface area contributed by atoms with Gasteiger partial charge in [-0.3, -0.25) is 0 Å². The highest BCUT2D eigenvalue weighted by molar-refractivity contribution is 8.02.